The molecular weight excluding hydrogens is 558 g/mol. The summed E-state index contributed by atoms with van der Waals surface area (Å²) in [6.45, 7) is 0.633. The highest BCUT2D eigenvalue weighted by Gasteiger charge is 2.17. The lowest BCUT2D eigenvalue weighted by Gasteiger charge is -2.18. The fourth-order valence-electron chi connectivity index (χ4n) is 4.55. The molecule has 2 aliphatic carbocycles. The van der Waals surface area contributed by atoms with Crippen molar-refractivity contribution in [2.75, 3.05) is 55.6 Å². The summed E-state index contributed by atoms with van der Waals surface area (Å²) < 4.78 is 41.8. The van der Waals surface area contributed by atoms with Crippen LogP contribution in [-0.4, -0.2) is 72.3 Å². The average molecular weight is 600 g/mol. The first kappa shape index (κ1) is 33.6. The van der Waals surface area contributed by atoms with Gasteiger partial charge in [0.15, 0.2) is 33.0 Å². The van der Waals surface area contributed by atoms with Crippen LogP contribution in [0.15, 0.2) is 53.7 Å². The molecule has 2 aliphatic rings. The van der Waals surface area contributed by atoms with Crippen molar-refractivity contribution in [1.82, 2.24) is 0 Å². The van der Waals surface area contributed by atoms with Crippen LogP contribution in [0, 0.1) is 0 Å². The first-order valence-electron chi connectivity index (χ1n) is 13.9. The van der Waals surface area contributed by atoms with E-state index >= 15 is 0 Å². The molecule has 0 aliphatic heterocycles. The molecule has 0 atom stereocenters. The molecule has 0 unspecified atom stereocenters. The second-order valence-corrected chi connectivity index (χ2v) is 9.62. The van der Waals surface area contributed by atoms with E-state index in [9.17, 15) is 4.79 Å². The van der Waals surface area contributed by atoms with Crippen LogP contribution < -0.4 is 18.9 Å². The van der Waals surface area contributed by atoms with Crippen LogP contribution >= 0.6 is 0 Å². The molecule has 1 N–H and O–H groups in total. The molecule has 0 amide bonds. The maximum Gasteiger partial charge on any atom is 0.188 e. The van der Waals surface area contributed by atoms with Crippen molar-refractivity contribution in [3.8, 4) is 23.0 Å². The van der Waals surface area contributed by atoms with Crippen molar-refractivity contribution in [3.05, 3.63) is 59.7 Å². The number of allylic oxidation sites excluding steroid dienone is 4. The second-order valence-electron chi connectivity index (χ2n) is 9.62. The van der Waals surface area contributed by atoms with Crippen LogP contribution in [0.2, 0.25) is 0 Å². The monoisotopic (exact) mass is 599 g/mol. The number of methoxy groups -OCH3 is 4. The number of oxime groups is 1. The zero-order chi connectivity index (χ0) is 30.9. The summed E-state index contributed by atoms with van der Waals surface area (Å²) in [5.41, 5.74) is 4.60. The van der Waals surface area contributed by atoms with Crippen LogP contribution in [0.1, 0.15) is 49.7 Å². The smallest absolute Gasteiger partial charge is 0.188 e. The lowest BCUT2D eigenvalue weighted by Crippen LogP contribution is -2.07. The maximum atomic E-state index is 11.6. The SMILES string of the molecule is COCOc1ccc(C2=CC(=NO)CCC2)c(OCOC)c1.COCOc1ccc(C2=CC(=O)CCC2)c(OCOC)c1. The van der Waals surface area contributed by atoms with Gasteiger partial charge in [0.25, 0.3) is 0 Å². The Balaban J connectivity index is 0.000000236. The second kappa shape index (κ2) is 18.6. The van der Waals surface area contributed by atoms with E-state index in [2.05, 4.69) is 5.16 Å². The fraction of sp³-hybridized carbons (Fsp3) is 0.438. The maximum absolute atomic E-state index is 11.6. The zero-order valence-corrected chi connectivity index (χ0v) is 25.3. The van der Waals surface area contributed by atoms with E-state index < -0.39 is 0 Å². The molecule has 2 aromatic carbocycles. The normalized spacial score (nSPS) is 15.6. The van der Waals surface area contributed by atoms with Crippen molar-refractivity contribution in [3.63, 3.8) is 0 Å². The third kappa shape index (κ3) is 10.7. The summed E-state index contributed by atoms with van der Waals surface area (Å²) in [5, 5.41) is 12.3. The largest absolute Gasteiger partial charge is 0.467 e. The van der Waals surface area contributed by atoms with Crippen molar-refractivity contribution < 1.29 is 47.9 Å². The third-order valence-corrected chi connectivity index (χ3v) is 6.50. The van der Waals surface area contributed by atoms with Crippen molar-refractivity contribution in [1.29, 1.82) is 0 Å². The molecule has 0 fully saturated rings. The van der Waals surface area contributed by atoms with Gasteiger partial charge >= 0.3 is 0 Å². The minimum atomic E-state index is 0.141. The Morgan fingerprint density at radius 3 is 1.56 bits per heavy atom. The first-order chi connectivity index (χ1) is 21.0. The quantitative estimate of drug-likeness (QED) is 0.161. The van der Waals surface area contributed by atoms with E-state index in [1.165, 1.54) is 0 Å². The van der Waals surface area contributed by atoms with Gasteiger partial charge < -0.3 is 43.1 Å². The van der Waals surface area contributed by atoms with Gasteiger partial charge in [-0.2, -0.15) is 0 Å². The first-order valence-corrected chi connectivity index (χ1v) is 13.9. The van der Waals surface area contributed by atoms with Gasteiger partial charge in [0.2, 0.25) is 0 Å². The molecule has 234 valence electrons. The lowest BCUT2D eigenvalue weighted by molar-refractivity contribution is -0.114. The molecule has 0 spiro atoms. The molecule has 2 aromatic rings. The van der Waals surface area contributed by atoms with Gasteiger partial charge in [-0.1, -0.05) is 5.16 Å². The van der Waals surface area contributed by atoms with Gasteiger partial charge in [-0.05, 0) is 79.7 Å². The zero-order valence-electron chi connectivity index (χ0n) is 25.3. The molecule has 0 aromatic heterocycles. The summed E-state index contributed by atoms with van der Waals surface area (Å²) >= 11 is 0. The average Bonchev–Trinajstić information content (AvgIpc) is 3.04. The number of rotatable bonds is 14. The molecule has 0 saturated heterocycles. The van der Waals surface area contributed by atoms with E-state index in [0.29, 0.717) is 35.1 Å². The lowest BCUT2D eigenvalue weighted by atomic mass is 9.92. The van der Waals surface area contributed by atoms with Crippen molar-refractivity contribution in [2.45, 2.75) is 38.5 Å². The van der Waals surface area contributed by atoms with Crippen LogP contribution in [0.5, 0.6) is 23.0 Å². The summed E-state index contributed by atoms with van der Waals surface area (Å²) in [7, 11) is 6.27. The Kier molecular flexibility index (Phi) is 14.5. The van der Waals surface area contributed by atoms with Gasteiger partial charge in [0.1, 0.15) is 23.0 Å². The Labute approximate surface area is 252 Å². The molecule has 0 saturated carbocycles. The van der Waals surface area contributed by atoms with E-state index in [4.69, 9.17) is 43.1 Å². The summed E-state index contributed by atoms with van der Waals surface area (Å²) in [6, 6.07) is 11.1. The Morgan fingerprint density at radius 2 is 1.09 bits per heavy atom. The van der Waals surface area contributed by atoms with Gasteiger partial charge in [-0.25, -0.2) is 0 Å². The van der Waals surface area contributed by atoms with E-state index in [0.717, 1.165) is 54.4 Å². The summed E-state index contributed by atoms with van der Waals surface area (Å²) in [6.07, 6.45) is 8.58. The standard InChI is InChI=1S/C16H21NO5.C16H20O5/c1-19-10-21-14-6-7-15(16(9-14)22-11-20-2)12-4-3-5-13(8-12)17-18;1-18-10-20-14-6-7-15(16(9-14)21-11-19-2)12-4-3-5-13(17)8-12/h6-9,18H,3-5,10-11H2,1-2H3;6-9H,3-5,10-11H2,1-2H3. The Morgan fingerprint density at radius 1 is 0.628 bits per heavy atom. The number of ketones is 1. The number of nitrogens with zero attached hydrogens (tertiary/aromatic N) is 1. The van der Waals surface area contributed by atoms with E-state index in [1.54, 1.807) is 46.6 Å². The Bertz CT molecular complexity index is 1270. The summed E-state index contributed by atoms with van der Waals surface area (Å²) in [4.78, 5) is 11.6. The predicted octanol–water partition coefficient (Wildman–Crippen LogP) is 5.84. The summed E-state index contributed by atoms with van der Waals surface area (Å²) in [5.74, 6) is 2.78. The molecule has 4 rings (SSSR count). The highest BCUT2D eigenvalue weighted by Crippen LogP contribution is 2.36. The minimum Gasteiger partial charge on any atom is -0.467 e. The number of hydrogen-bond acceptors (Lipinski definition) is 11. The number of carbonyl (C=O) groups is 1. The number of benzene rings is 2. The van der Waals surface area contributed by atoms with Crippen molar-refractivity contribution >= 4 is 22.6 Å². The van der Waals surface area contributed by atoms with E-state index in [-0.39, 0.29) is 33.0 Å². The Hall–Kier alpha value is -3.90. The number of carbonyl (C=O) groups excluding carboxylic acids is 1. The predicted molar refractivity (Wildman–Crippen MR) is 161 cm³/mol. The topological polar surface area (TPSA) is 124 Å². The molecule has 43 heavy (non-hydrogen) atoms. The van der Waals surface area contributed by atoms with Crippen LogP contribution in [0.3, 0.4) is 0 Å². The number of hydrogen-bond donors (Lipinski definition) is 1. The fourth-order valence-corrected chi connectivity index (χ4v) is 4.55. The highest BCUT2D eigenvalue weighted by molar-refractivity contribution is 6.02. The highest BCUT2D eigenvalue weighted by atomic mass is 16.7. The molecule has 0 radical (unpaired) electrons. The molecular formula is C32H41NO10. The molecule has 11 nitrogen and oxygen atoms in total. The molecule has 11 heteroatoms. The van der Waals surface area contributed by atoms with Crippen molar-refractivity contribution in [2.24, 2.45) is 5.16 Å². The molecule has 0 heterocycles. The van der Waals surface area contributed by atoms with Crippen LogP contribution in [-0.2, 0) is 23.7 Å². The third-order valence-electron chi connectivity index (χ3n) is 6.50. The van der Waals surface area contributed by atoms with Gasteiger partial charge in [-0.15, -0.1) is 0 Å². The van der Waals surface area contributed by atoms with E-state index in [1.807, 2.05) is 30.3 Å². The molecule has 0 bridgehead atoms. The minimum absolute atomic E-state index is 0.141. The number of ether oxygens (including phenoxy) is 8. The van der Waals surface area contributed by atoms with Crippen LogP contribution in [0.25, 0.3) is 11.1 Å². The van der Waals surface area contributed by atoms with Gasteiger partial charge in [0.05, 0.1) is 5.71 Å². The van der Waals surface area contributed by atoms with Gasteiger partial charge in [0, 0.05) is 58.1 Å². The van der Waals surface area contributed by atoms with Gasteiger partial charge in [-0.3, -0.25) is 4.79 Å². The van der Waals surface area contributed by atoms with Crippen LogP contribution in [0.4, 0.5) is 0 Å².